The van der Waals surface area contributed by atoms with E-state index in [1.807, 2.05) is 0 Å². The molecule has 1 unspecified atom stereocenters. The van der Waals surface area contributed by atoms with Crippen molar-refractivity contribution in [1.29, 1.82) is 0 Å². The van der Waals surface area contributed by atoms with E-state index < -0.39 is 35.2 Å². The number of hydrogen-bond donors (Lipinski definition) is 2. The van der Waals surface area contributed by atoms with E-state index in [-0.39, 0.29) is 16.7 Å². The number of aromatic nitrogens is 3. The van der Waals surface area contributed by atoms with Crippen LogP contribution in [0.5, 0.6) is 0 Å². The van der Waals surface area contributed by atoms with Gasteiger partial charge in [0.25, 0.3) is 0 Å². The van der Waals surface area contributed by atoms with Crippen molar-refractivity contribution in [2.75, 3.05) is 0 Å². The lowest BCUT2D eigenvalue weighted by Crippen LogP contribution is -2.43. The van der Waals surface area contributed by atoms with E-state index in [4.69, 9.17) is 5.73 Å². The fourth-order valence-electron chi connectivity index (χ4n) is 4.44. The van der Waals surface area contributed by atoms with Gasteiger partial charge in [-0.1, -0.05) is 18.2 Å². The second kappa shape index (κ2) is 7.93. The minimum Gasteiger partial charge on any atom is -0.312 e. The molecule has 34 heavy (non-hydrogen) atoms. The van der Waals surface area contributed by atoms with Crippen LogP contribution in [0, 0.1) is 11.6 Å². The number of nitrogens with two attached hydrogens (primary N) is 1. The molecule has 2 aromatic heterocycles. The van der Waals surface area contributed by atoms with Crippen molar-refractivity contribution in [3.63, 3.8) is 0 Å². The molecule has 2 aromatic carbocycles. The minimum absolute atomic E-state index is 0.113. The van der Waals surface area contributed by atoms with E-state index in [1.165, 1.54) is 55.1 Å². The van der Waals surface area contributed by atoms with Crippen LogP contribution in [0.1, 0.15) is 34.1 Å². The first-order valence-electron chi connectivity index (χ1n) is 10.1. The average molecular weight is 469 g/mol. The zero-order chi connectivity index (χ0) is 24.1. The Morgan fingerprint density at radius 1 is 0.912 bits per heavy atom. The van der Waals surface area contributed by atoms with Gasteiger partial charge >= 0.3 is 6.18 Å². The van der Waals surface area contributed by atoms with Crippen LogP contribution in [0.4, 0.5) is 22.0 Å². The normalized spacial score (nSPS) is 19.8. The molecule has 3 heterocycles. The summed E-state index contributed by atoms with van der Waals surface area (Å²) >= 11 is 0. The molecule has 4 aromatic rings. The standard InChI is InChI=1S/C24H16F5N5/c25-18-5-4-14(8-16(18)13-10-31-12-32-11-13)23(15-6-7-33-20(9-15)24(27,28)29)17-2-1-3-19(26)21(17)22(30)34-23/h1-12,22,34H,30H2/t22?,23-/m0/s1. The van der Waals surface area contributed by atoms with Crippen LogP contribution >= 0.6 is 0 Å². The Morgan fingerprint density at radius 3 is 2.38 bits per heavy atom. The third-order valence-corrected chi connectivity index (χ3v) is 5.89. The molecule has 0 saturated heterocycles. The number of nitrogens with zero attached hydrogens (tertiary/aromatic N) is 3. The zero-order valence-corrected chi connectivity index (χ0v) is 17.3. The molecule has 1 aliphatic rings. The summed E-state index contributed by atoms with van der Waals surface area (Å²) in [5, 5.41) is 3.07. The van der Waals surface area contributed by atoms with E-state index in [0.29, 0.717) is 16.7 Å². The van der Waals surface area contributed by atoms with Crippen molar-refractivity contribution in [2.45, 2.75) is 17.9 Å². The largest absolute Gasteiger partial charge is 0.433 e. The number of rotatable bonds is 3. The highest BCUT2D eigenvalue weighted by atomic mass is 19.4. The molecule has 1 aliphatic heterocycles. The Morgan fingerprint density at radius 2 is 1.65 bits per heavy atom. The first-order valence-corrected chi connectivity index (χ1v) is 10.1. The van der Waals surface area contributed by atoms with Crippen LogP contribution in [-0.2, 0) is 11.7 Å². The van der Waals surface area contributed by atoms with E-state index in [1.54, 1.807) is 6.07 Å². The van der Waals surface area contributed by atoms with Gasteiger partial charge in [0.15, 0.2) is 0 Å². The fourth-order valence-corrected chi connectivity index (χ4v) is 4.44. The molecule has 2 atom stereocenters. The number of halogens is 5. The Hall–Kier alpha value is -3.76. The quantitative estimate of drug-likeness (QED) is 0.426. The molecule has 0 spiro atoms. The Labute approximate surface area is 190 Å². The molecule has 5 rings (SSSR count). The highest BCUT2D eigenvalue weighted by molar-refractivity contribution is 5.66. The fraction of sp³-hybridized carbons (Fsp3) is 0.125. The van der Waals surface area contributed by atoms with Gasteiger partial charge in [0, 0.05) is 35.3 Å². The smallest absolute Gasteiger partial charge is 0.312 e. The van der Waals surface area contributed by atoms with Crippen LogP contribution < -0.4 is 11.1 Å². The topological polar surface area (TPSA) is 76.7 Å². The Bertz CT molecular complexity index is 1380. The van der Waals surface area contributed by atoms with Crippen LogP contribution in [0.15, 0.2) is 73.4 Å². The molecule has 3 N–H and O–H groups in total. The van der Waals surface area contributed by atoms with Gasteiger partial charge in [-0.25, -0.2) is 18.7 Å². The molecule has 0 bridgehead atoms. The third kappa shape index (κ3) is 3.42. The van der Waals surface area contributed by atoms with Crippen molar-refractivity contribution in [3.8, 4) is 11.1 Å². The first-order chi connectivity index (χ1) is 16.2. The summed E-state index contributed by atoms with van der Waals surface area (Å²) in [5.74, 6) is -1.19. The summed E-state index contributed by atoms with van der Waals surface area (Å²) in [5.41, 5.74) is 4.98. The minimum atomic E-state index is -4.71. The van der Waals surface area contributed by atoms with Crippen LogP contribution in [-0.4, -0.2) is 15.0 Å². The number of nitrogens with one attached hydrogen (secondary N) is 1. The van der Waals surface area contributed by atoms with Crippen LogP contribution in [0.25, 0.3) is 11.1 Å². The van der Waals surface area contributed by atoms with Crippen molar-refractivity contribution < 1.29 is 22.0 Å². The van der Waals surface area contributed by atoms with Gasteiger partial charge in [-0.3, -0.25) is 10.3 Å². The maximum Gasteiger partial charge on any atom is 0.433 e. The van der Waals surface area contributed by atoms with E-state index >= 15 is 0 Å². The molecule has 172 valence electrons. The second-order valence-electron chi connectivity index (χ2n) is 7.82. The number of benzene rings is 2. The average Bonchev–Trinajstić information content (AvgIpc) is 3.14. The Kier molecular flexibility index (Phi) is 5.14. The lowest BCUT2D eigenvalue weighted by Gasteiger charge is -2.33. The maximum atomic E-state index is 14.8. The van der Waals surface area contributed by atoms with Crippen molar-refractivity contribution in [1.82, 2.24) is 20.3 Å². The van der Waals surface area contributed by atoms with Crippen LogP contribution in [0.2, 0.25) is 0 Å². The SMILES string of the molecule is NC1N[C@](c2ccnc(C(F)(F)F)c2)(c2ccc(F)c(-c3cncnc3)c2)c2cccc(F)c21. The molecule has 0 saturated carbocycles. The highest BCUT2D eigenvalue weighted by Crippen LogP contribution is 2.47. The zero-order valence-electron chi connectivity index (χ0n) is 17.3. The van der Waals surface area contributed by atoms with Crippen molar-refractivity contribution in [2.24, 2.45) is 5.73 Å². The predicted molar refractivity (Wildman–Crippen MR) is 113 cm³/mol. The lowest BCUT2D eigenvalue weighted by molar-refractivity contribution is -0.141. The lowest BCUT2D eigenvalue weighted by atomic mass is 9.77. The summed E-state index contributed by atoms with van der Waals surface area (Å²) in [6, 6.07) is 10.6. The number of fused-ring (bicyclic) bond motifs is 1. The number of pyridine rings is 1. The first kappa shape index (κ1) is 22.1. The molecule has 10 heteroatoms. The van der Waals surface area contributed by atoms with Gasteiger partial charge in [-0.15, -0.1) is 0 Å². The molecule has 0 amide bonds. The van der Waals surface area contributed by atoms with Crippen LogP contribution in [0.3, 0.4) is 0 Å². The summed E-state index contributed by atoms with van der Waals surface area (Å²) < 4.78 is 70.2. The Balaban J connectivity index is 1.82. The van der Waals surface area contributed by atoms with E-state index in [2.05, 4.69) is 20.3 Å². The molecule has 5 nitrogen and oxygen atoms in total. The monoisotopic (exact) mass is 469 g/mol. The molecular formula is C24H16F5N5. The highest BCUT2D eigenvalue weighted by Gasteiger charge is 2.47. The van der Waals surface area contributed by atoms with Gasteiger partial charge < -0.3 is 5.73 Å². The number of alkyl halides is 3. The summed E-state index contributed by atoms with van der Waals surface area (Å²) in [6.45, 7) is 0. The molecule has 0 radical (unpaired) electrons. The maximum absolute atomic E-state index is 14.8. The molecule has 0 fully saturated rings. The van der Waals surface area contributed by atoms with Gasteiger partial charge in [0.05, 0.1) is 11.7 Å². The van der Waals surface area contributed by atoms with Gasteiger partial charge in [0.2, 0.25) is 0 Å². The second-order valence-corrected chi connectivity index (χ2v) is 7.82. The molecular weight excluding hydrogens is 453 g/mol. The van der Waals surface area contributed by atoms with Crippen molar-refractivity contribution >= 4 is 0 Å². The molecule has 0 aliphatic carbocycles. The van der Waals surface area contributed by atoms with Gasteiger partial charge in [0.1, 0.15) is 23.7 Å². The third-order valence-electron chi connectivity index (χ3n) is 5.89. The van der Waals surface area contributed by atoms with Crippen molar-refractivity contribution in [3.05, 3.63) is 113 Å². The van der Waals surface area contributed by atoms with Gasteiger partial charge in [-0.05, 0) is 47.0 Å². The summed E-state index contributed by atoms with van der Waals surface area (Å²) in [4.78, 5) is 11.3. The predicted octanol–water partition coefficient (Wildman–Crippen LogP) is 4.69. The summed E-state index contributed by atoms with van der Waals surface area (Å²) in [7, 11) is 0. The number of hydrogen-bond acceptors (Lipinski definition) is 5. The van der Waals surface area contributed by atoms with E-state index in [0.717, 1.165) is 12.3 Å². The van der Waals surface area contributed by atoms with Gasteiger partial charge in [-0.2, -0.15) is 13.2 Å². The summed E-state index contributed by atoms with van der Waals surface area (Å²) in [6.07, 6.45) is -0.599. The van der Waals surface area contributed by atoms with E-state index in [9.17, 15) is 22.0 Å².